The summed E-state index contributed by atoms with van der Waals surface area (Å²) in [7, 11) is 3.35. The van der Waals surface area contributed by atoms with Gasteiger partial charge in [-0.05, 0) is 50.3 Å². The van der Waals surface area contributed by atoms with Crippen molar-refractivity contribution in [1.82, 2.24) is 20.9 Å². The number of ether oxygens (including phenoxy) is 2. The van der Waals surface area contributed by atoms with Gasteiger partial charge in [0, 0.05) is 57.3 Å². The molecule has 1 unspecified atom stereocenters. The first-order valence-electron chi connectivity index (χ1n) is 11.4. The third-order valence-electron chi connectivity index (χ3n) is 5.55. The van der Waals surface area contributed by atoms with Gasteiger partial charge in [-0.1, -0.05) is 0 Å². The normalized spacial score (nSPS) is 18.6. The number of carbonyl (C=O) groups excluding carboxylic acids is 1. The molecule has 8 nitrogen and oxygen atoms in total. The van der Waals surface area contributed by atoms with Crippen LogP contribution in [0.1, 0.15) is 44.6 Å². The second-order valence-electron chi connectivity index (χ2n) is 8.29. The van der Waals surface area contributed by atoms with E-state index in [0.29, 0.717) is 25.0 Å². The molecule has 2 fully saturated rings. The van der Waals surface area contributed by atoms with Crippen molar-refractivity contribution in [1.29, 1.82) is 0 Å². The van der Waals surface area contributed by atoms with Gasteiger partial charge in [-0.25, -0.2) is 0 Å². The molecule has 3 rings (SSSR count). The van der Waals surface area contributed by atoms with E-state index in [1.54, 1.807) is 14.2 Å². The van der Waals surface area contributed by atoms with Crippen LogP contribution in [0.15, 0.2) is 23.2 Å². The quantitative estimate of drug-likeness (QED) is 0.167. The van der Waals surface area contributed by atoms with Gasteiger partial charge in [0.25, 0.3) is 0 Å². The summed E-state index contributed by atoms with van der Waals surface area (Å²) in [4.78, 5) is 18.9. The molecule has 1 atom stereocenters. The topological polar surface area (TPSA) is 87.2 Å². The molecule has 0 spiro atoms. The lowest BCUT2D eigenvalue weighted by molar-refractivity contribution is -0.121. The van der Waals surface area contributed by atoms with Gasteiger partial charge in [0.2, 0.25) is 5.91 Å². The smallest absolute Gasteiger partial charge is 0.220 e. The number of halogens is 1. The predicted octanol–water partition coefficient (Wildman–Crippen LogP) is 2.51. The lowest BCUT2D eigenvalue weighted by Crippen LogP contribution is -2.44. The van der Waals surface area contributed by atoms with Crippen LogP contribution in [-0.4, -0.2) is 69.2 Å². The third-order valence-corrected chi connectivity index (χ3v) is 5.55. The van der Waals surface area contributed by atoms with Crippen LogP contribution < -0.4 is 25.4 Å². The Balaban J connectivity index is 0.00000363. The van der Waals surface area contributed by atoms with Crippen molar-refractivity contribution in [3.05, 3.63) is 23.8 Å². The number of rotatable bonds is 11. The lowest BCUT2D eigenvalue weighted by Gasteiger charge is -2.19. The number of likely N-dealkylation sites (tertiary alicyclic amines) is 1. The molecule has 1 aliphatic heterocycles. The highest BCUT2D eigenvalue weighted by molar-refractivity contribution is 14.0. The molecule has 2 aliphatic rings. The Kier molecular flexibility index (Phi) is 11.4. The Bertz CT molecular complexity index is 735. The van der Waals surface area contributed by atoms with Crippen molar-refractivity contribution >= 4 is 35.8 Å². The summed E-state index contributed by atoms with van der Waals surface area (Å²) in [6, 6.07) is 6.80. The molecular weight excluding hydrogens is 521 g/mol. The average molecular weight is 559 g/mol. The minimum absolute atomic E-state index is 0. The van der Waals surface area contributed by atoms with Crippen LogP contribution in [-0.2, 0) is 11.3 Å². The summed E-state index contributed by atoms with van der Waals surface area (Å²) >= 11 is 0. The molecule has 1 saturated heterocycles. The van der Waals surface area contributed by atoms with Crippen LogP contribution in [0.4, 0.5) is 0 Å². The van der Waals surface area contributed by atoms with Gasteiger partial charge in [0.05, 0.1) is 14.2 Å². The van der Waals surface area contributed by atoms with Gasteiger partial charge in [-0.2, -0.15) is 0 Å². The molecule has 1 aromatic rings. The number of benzene rings is 1. The number of hydrogen-bond donors (Lipinski definition) is 3. The Hall–Kier alpha value is -1.75. The molecular formula is C23H38IN5O3. The summed E-state index contributed by atoms with van der Waals surface area (Å²) in [6.07, 6.45) is 4.63. The number of guanidine groups is 1. The standard InChI is InChI=1S/C23H37N5O3.HI/c1-4-24-23(25-10-5-6-22(29)26-18-7-8-18)27-19-9-11-28(16-19)15-17-12-20(30-2)14-21(13-17)31-3;/h12-14,18-19H,4-11,15-16H2,1-3H3,(H,26,29)(H2,24,25,27);1H. The monoisotopic (exact) mass is 559 g/mol. The fraction of sp³-hybridized carbons (Fsp3) is 0.652. The molecule has 1 amide bonds. The number of aliphatic imine (C=N–C) groups is 1. The molecule has 180 valence electrons. The first kappa shape index (κ1) is 26.5. The Morgan fingerprint density at radius 3 is 2.44 bits per heavy atom. The van der Waals surface area contributed by atoms with Crippen LogP contribution in [0, 0.1) is 0 Å². The van der Waals surface area contributed by atoms with Crippen molar-refractivity contribution < 1.29 is 14.3 Å². The molecule has 1 saturated carbocycles. The summed E-state index contributed by atoms with van der Waals surface area (Å²) in [5, 5.41) is 9.90. The molecule has 0 bridgehead atoms. The van der Waals surface area contributed by atoms with Crippen LogP contribution in [0.2, 0.25) is 0 Å². The molecule has 3 N–H and O–H groups in total. The van der Waals surface area contributed by atoms with Crippen molar-refractivity contribution in [3.8, 4) is 11.5 Å². The van der Waals surface area contributed by atoms with E-state index < -0.39 is 0 Å². The largest absolute Gasteiger partial charge is 0.497 e. The number of carbonyl (C=O) groups is 1. The van der Waals surface area contributed by atoms with Gasteiger partial charge >= 0.3 is 0 Å². The van der Waals surface area contributed by atoms with Crippen molar-refractivity contribution in [2.45, 2.75) is 57.7 Å². The third kappa shape index (κ3) is 9.01. The van der Waals surface area contributed by atoms with Gasteiger partial charge in [0.1, 0.15) is 11.5 Å². The van der Waals surface area contributed by atoms with E-state index in [0.717, 1.165) is 69.3 Å². The average Bonchev–Trinajstić information content (AvgIpc) is 3.47. The minimum Gasteiger partial charge on any atom is -0.497 e. The van der Waals surface area contributed by atoms with Gasteiger partial charge in [-0.3, -0.25) is 14.7 Å². The van der Waals surface area contributed by atoms with Crippen LogP contribution in [0.25, 0.3) is 0 Å². The van der Waals surface area contributed by atoms with Crippen molar-refractivity contribution in [3.63, 3.8) is 0 Å². The summed E-state index contributed by atoms with van der Waals surface area (Å²) in [5.74, 6) is 2.61. The molecule has 9 heteroatoms. The maximum absolute atomic E-state index is 11.8. The van der Waals surface area contributed by atoms with E-state index in [-0.39, 0.29) is 29.9 Å². The minimum atomic E-state index is 0. The van der Waals surface area contributed by atoms with Crippen LogP contribution in [0.5, 0.6) is 11.5 Å². The van der Waals surface area contributed by atoms with Crippen LogP contribution >= 0.6 is 24.0 Å². The van der Waals surface area contributed by atoms with E-state index in [9.17, 15) is 4.79 Å². The molecule has 1 aromatic carbocycles. The highest BCUT2D eigenvalue weighted by Gasteiger charge is 2.24. The van der Waals surface area contributed by atoms with E-state index in [1.165, 1.54) is 5.56 Å². The Morgan fingerprint density at radius 1 is 1.09 bits per heavy atom. The zero-order valence-corrected chi connectivity index (χ0v) is 21.8. The highest BCUT2D eigenvalue weighted by Crippen LogP contribution is 2.24. The highest BCUT2D eigenvalue weighted by atomic mass is 127. The first-order valence-corrected chi connectivity index (χ1v) is 11.4. The Labute approximate surface area is 208 Å². The molecule has 32 heavy (non-hydrogen) atoms. The van der Waals surface area contributed by atoms with Gasteiger partial charge in [0.15, 0.2) is 5.96 Å². The Morgan fingerprint density at radius 2 is 1.81 bits per heavy atom. The number of amides is 1. The summed E-state index contributed by atoms with van der Waals surface area (Å²) in [6.45, 7) is 6.36. The number of hydrogen-bond acceptors (Lipinski definition) is 5. The first-order chi connectivity index (χ1) is 15.1. The van der Waals surface area contributed by atoms with Crippen molar-refractivity contribution in [2.75, 3.05) is 40.4 Å². The maximum Gasteiger partial charge on any atom is 0.220 e. The number of nitrogens with one attached hydrogen (secondary N) is 3. The van der Waals surface area contributed by atoms with E-state index in [4.69, 9.17) is 9.47 Å². The fourth-order valence-corrected chi connectivity index (χ4v) is 3.78. The molecule has 1 aliphatic carbocycles. The van der Waals surface area contributed by atoms with Crippen LogP contribution in [0.3, 0.4) is 0 Å². The van der Waals surface area contributed by atoms with E-state index in [2.05, 4.69) is 44.9 Å². The second-order valence-corrected chi connectivity index (χ2v) is 8.29. The summed E-state index contributed by atoms with van der Waals surface area (Å²) < 4.78 is 10.8. The maximum atomic E-state index is 11.8. The fourth-order valence-electron chi connectivity index (χ4n) is 3.78. The summed E-state index contributed by atoms with van der Waals surface area (Å²) in [5.41, 5.74) is 1.18. The van der Waals surface area contributed by atoms with Gasteiger partial charge in [-0.15, -0.1) is 24.0 Å². The second kappa shape index (κ2) is 13.7. The molecule has 0 aromatic heterocycles. The molecule has 0 radical (unpaired) electrons. The predicted molar refractivity (Wildman–Crippen MR) is 138 cm³/mol. The zero-order valence-electron chi connectivity index (χ0n) is 19.5. The SMILES string of the molecule is CCNC(=NCCCC(=O)NC1CC1)NC1CCN(Cc2cc(OC)cc(OC)c2)C1.I. The lowest BCUT2D eigenvalue weighted by atomic mass is 10.2. The number of methoxy groups -OCH3 is 2. The van der Waals surface area contributed by atoms with E-state index >= 15 is 0 Å². The number of nitrogens with zero attached hydrogens (tertiary/aromatic N) is 2. The van der Waals surface area contributed by atoms with E-state index in [1.807, 2.05) is 6.07 Å². The molecule has 1 heterocycles. The zero-order chi connectivity index (χ0) is 22.1. The van der Waals surface area contributed by atoms with Crippen molar-refractivity contribution in [2.24, 2.45) is 4.99 Å². The van der Waals surface area contributed by atoms with Gasteiger partial charge < -0.3 is 25.4 Å².